The fraction of sp³-hybridized carbons (Fsp3) is 0.711. The van der Waals surface area contributed by atoms with Crippen LogP contribution in [-0.4, -0.2) is 59.9 Å². The molecule has 11 nitrogen and oxygen atoms in total. The normalized spacial score (nSPS) is 14.5. The van der Waals surface area contributed by atoms with Crippen LogP contribution in [0.4, 0.5) is 0 Å². The van der Waals surface area contributed by atoms with Crippen LogP contribution in [0.1, 0.15) is 142 Å². The second-order valence-corrected chi connectivity index (χ2v) is 13.8. The molecule has 3 atom stereocenters. The first-order valence-corrected chi connectivity index (χ1v) is 20.2. The highest BCUT2D eigenvalue weighted by Gasteiger charge is 2.28. The lowest BCUT2D eigenvalue weighted by Crippen LogP contribution is -2.34. The molecule has 0 rings (SSSR count). The molecule has 0 bridgehead atoms. The van der Waals surface area contributed by atoms with Crippen LogP contribution in [0.25, 0.3) is 0 Å². The molecule has 0 amide bonds. The van der Waals surface area contributed by atoms with E-state index in [1.54, 1.807) is 0 Å². The lowest BCUT2D eigenvalue weighted by Gasteiger charge is -2.20. The summed E-state index contributed by atoms with van der Waals surface area (Å²) in [5.41, 5.74) is 5.30. The molecule has 0 aromatic rings. The number of rotatable bonds is 34. The average molecular weight is 728 g/mol. The van der Waals surface area contributed by atoms with Crippen LogP contribution in [0.15, 0.2) is 48.6 Å². The van der Waals surface area contributed by atoms with E-state index in [1.165, 1.54) is 51.4 Å². The van der Waals surface area contributed by atoms with Gasteiger partial charge >= 0.3 is 25.7 Å². The maximum atomic E-state index is 12.5. The zero-order valence-electron chi connectivity index (χ0n) is 30.7. The van der Waals surface area contributed by atoms with Crippen LogP contribution in [0, 0.1) is 0 Å². The SMILES string of the molecule is CCCCC/C=C/C/C=C/C/C=C/C/C=C/CCCC(=O)OC[C@@H](COP(=O)(O)OC[C@@H](N)C(=O)O)OC(=O)CCCCCCCCCCC. The van der Waals surface area contributed by atoms with Crippen LogP contribution < -0.4 is 5.73 Å². The number of hydrogen-bond acceptors (Lipinski definition) is 9. The number of carboxylic acids is 1. The smallest absolute Gasteiger partial charge is 0.472 e. The molecule has 0 saturated heterocycles. The van der Waals surface area contributed by atoms with E-state index in [9.17, 15) is 23.8 Å². The molecule has 4 N–H and O–H groups in total. The molecule has 0 fully saturated rings. The molecule has 0 radical (unpaired) electrons. The van der Waals surface area contributed by atoms with Gasteiger partial charge in [0, 0.05) is 12.8 Å². The first-order valence-electron chi connectivity index (χ1n) is 18.7. The van der Waals surface area contributed by atoms with Gasteiger partial charge in [-0.15, -0.1) is 0 Å². The number of ether oxygens (including phenoxy) is 2. The maximum absolute atomic E-state index is 12.5. The van der Waals surface area contributed by atoms with Crippen LogP contribution in [0.2, 0.25) is 0 Å². The summed E-state index contributed by atoms with van der Waals surface area (Å²) in [5, 5.41) is 8.84. The number of carbonyl (C=O) groups excluding carboxylic acids is 2. The first kappa shape index (κ1) is 47.4. The molecule has 0 aliphatic heterocycles. The Hall–Kier alpha value is -2.56. The fourth-order valence-corrected chi connectivity index (χ4v) is 5.36. The van der Waals surface area contributed by atoms with E-state index < -0.39 is 51.1 Å². The van der Waals surface area contributed by atoms with Gasteiger partial charge in [-0.2, -0.15) is 0 Å². The minimum Gasteiger partial charge on any atom is -0.480 e. The van der Waals surface area contributed by atoms with Crippen molar-refractivity contribution in [1.29, 1.82) is 0 Å². The van der Waals surface area contributed by atoms with E-state index in [0.29, 0.717) is 19.3 Å². The van der Waals surface area contributed by atoms with Gasteiger partial charge in [-0.05, 0) is 51.4 Å². The third-order valence-electron chi connectivity index (χ3n) is 7.58. The van der Waals surface area contributed by atoms with Gasteiger partial charge < -0.3 is 25.2 Å². The highest BCUT2D eigenvalue weighted by atomic mass is 31.2. The van der Waals surface area contributed by atoms with Crippen molar-refractivity contribution in [2.24, 2.45) is 5.73 Å². The number of nitrogens with two attached hydrogens (primary N) is 1. The zero-order chi connectivity index (χ0) is 37.1. The Morgan fingerprint density at radius 2 is 1.08 bits per heavy atom. The Balaban J connectivity index is 4.51. The molecule has 50 heavy (non-hydrogen) atoms. The van der Waals surface area contributed by atoms with E-state index >= 15 is 0 Å². The van der Waals surface area contributed by atoms with Crippen molar-refractivity contribution in [2.75, 3.05) is 19.8 Å². The molecule has 1 unspecified atom stereocenters. The Morgan fingerprint density at radius 1 is 0.620 bits per heavy atom. The summed E-state index contributed by atoms with van der Waals surface area (Å²) in [4.78, 5) is 45.6. The van der Waals surface area contributed by atoms with Crippen LogP contribution in [-0.2, 0) is 37.5 Å². The van der Waals surface area contributed by atoms with E-state index in [2.05, 4.69) is 54.8 Å². The van der Waals surface area contributed by atoms with Crippen molar-refractivity contribution >= 4 is 25.7 Å². The number of aliphatic carboxylic acids is 1. The summed E-state index contributed by atoms with van der Waals surface area (Å²) in [6.07, 6.45) is 34.9. The van der Waals surface area contributed by atoms with Gasteiger partial charge in [-0.3, -0.25) is 23.4 Å². The standard InChI is InChI=1S/C38H66NO10P/c1-3-5-7-9-11-13-14-15-16-17-18-19-20-22-23-25-27-29-36(40)46-31-34(32-47-50(44,45)48-33-35(39)38(42)43)49-37(41)30-28-26-24-21-12-10-8-6-4-2/h11,13,15-16,18-19,22-23,34-35H,3-10,12,14,17,20-21,24-33,39H2,1-2H3,(H,42,43)(H,44,45)/b13-11+,16-15+,19-18+,23-22+/t34-,35+/m0/s1. The number of allylic oxidation sites excluding steroid dienone is 8. The topological polar surface area (TPSA) is 172 Å². The van der Waals surface area contributed by atoms with Gasteiger partial charge in [0.25, 0.3) is 0 Å². The van der Waals surface area contributed by atoms with Crippen molar-refractivity contribution in [2.45, 2.75) is 154 Å². The molecule has 0 saturated carbocycles. The second kappa shape index (κ2) is 33.6. The number of phosphoric acid groups is 1. The van der Waals surface area contributed by atoms with E-state index in [0.717, 1.165) is 44.9 Å². The monoisotopic (exact) mass is 727 g/mol. The third-order valence-corrected chi connectivity index (χ3v) is 8.53. The summed E-state index contributed by atoms with van der Waals surface area (Å²) >= 11 is 0. The summed E-state index contributed by atoms with van der Waals surface area (Å²) in [7, 11) is -4.72. The number of esters is 2. The summed E-state index contributed by atoms with van der Waals surface area (Å²) in [6, 6.07) is -1.53. The molecule has 0 aliphatic carbocycles. The lowest BCUT2D eigenvalue weighted by molar-refractivity contribution is -0.161. The maximum Gasteiger partial charge on any atom is 0.472 e. The summed E-state index contributed by atoms with van der Waals surface area (Å²) < 4.78 is 32.4. The third kappa shape index (κ3) is 32.6. The van der Waals surface area contributed by atoms with Crippen LogP contribution in [0.3, 0.4) is 0 Å². The predicted molar refractivity (Wildman–Crippen MR) is 198 cm³/mol. The molecular weight excluding hydrogens is 661 g/mol. The Labute approximate surface area is 301 Å². The molecule has 12 heteroatoms. The van der Waals surface area contributed by atoms with Gasteiger partial charge in [-0.1, -0.05) is 127 Å². The van der Waals surface area contributed by atoms with Gasteiger partial charge in [0.1, 0.15) is 12.6 Å². The number of carbonyl (C=O) groups is 3. The highest BCUT2D eigenvalue weighted by molar-refractivity contribution is 7.47. The highest BCUT2D eigenvalue weighted by Crippen LogP contribution is 2.43. The number of unbranched alkanes of at least 4 members (excludes halogenated alkanes) is 12. The second-order valence-electron chi connectivity index (χ2n) is 12.4. The van der Waals surface area contributed by atoms with Gasteiger partial charge in [0.05, 0.1) is 13.2 Å². The van der Waals surface area contributed by atoms with E-state index in [-0.39, 0.29) is 19.4 Å². The Bertz CT molecular complexity index is 1040. The minimum absolute atomic E-state index is 0.146. The van der Waals surface area contributed by atoms with Crippen LogP contribution >= 0.6 is 7.82 Å². The van der Waals surface area contributed by atoms with Crippen molar-refractivity contribution < 1.29 is 47.5 Å². The van der Waals surface area contributed by atoms with Crippen molar-refractivity contribution in [3.05, 3.63) is 48.6 Å². The van der Waals surface area contributed by atoms with Crippen molar-refractivity contribution in [1.82, 2.24) is 0 Å². The quantitative estimate of drug-likeness (QED) is 0.0250. The number of phosphoric ester groups is 1. The van der Waals surface area contributed by atoms with E-state index in [1.807, 2.05) is 12.2 Å². The molecular formula is C38H66NO10P. The molecule has 0 heterocycles. The molecule has 0 aromatic carbocycles. The molecule has 0 aliphatic rings. The average Bonchev–Trinajstić information content (AvgIpc) is 3.09. The lowest BCUT2D eigenvalue weighted by atomic mass is 10.1. The Kier molecular flexibility index (Phi) is 31.9. The predicted octanol–water partition coefficient (Wildman–Crippen LogP) is 9.05. The van der Waals surface area contributed by atoms with Gasteiger partial charge in [-0.25, -0.2) is 4.57 Å². The van der Waals surface area contributed by atoms with Crippen LogP contribution in [0.5, 0.6) is 0 Å². The number of carboxylic acid groups (broad SMARTS) is 1. The Morgan fingerprint density at radius 3 is 1.64 bits per heavy atom. The first-order chi connectivity index (χ1) is 24.1. The number of hydrogen-bond donors (Lipinski definition) is 3. The minimum atomic E-state index is -4.72. The van der Waals surface area contributed by atoms with Crippen molar-refractivity contribution in [3.8, 4) is 0 Å². The summed E-state index contributed by atoms with van der Waals surface area (Å²) in [6.45, 7) is 2.66. The van der Waals surface area contributed by atoms with Crippen molar-refractivity contribution in [3.63, 3.8) is 0 Å². The fourth-order valence-electron chi connectivity index (χ4n) is 4.58. The van der Waals surface area contributed by atoms with E-state index in [4.69, 9.17) is 24.8 Å². The molecule has 288 valence electrons. The zero-order valence-corrected chi connectivity index (χ0v) is 31.6. The summed E-state index contributed by atoms with van der Waals surface area (Å²) in [5.74, 6) is -2.46. The largest absolute Gasteiger partial charge is 0.480 e. The van der Waals surface area contributed by atoms with Gasteiger partial charge in [0.2, 0.25) is 0 Å². The molecule has 0 aromatic heterocycles. The molecule has 0 spiro atoms. The van der Waals surface area contributed by atoms with Gasteiger partial charge in [0.15, 0.2) is 6.10 Å².